The quantitative estimate of drug-likeness (QED) is 0.702. The highest BCUT2D eigenvalue weighted by molar-refractivity contribution is 7.92. The van der Waals surface area contributed by atoms with E-state index in [1.54, 1.807) is 29.6 Å². The molecule has 2 aromatic heterocycles. The van der Waals surface area contributed by atoms with Gasteiger partial charge in [0.05, 0.1) is 5.69 Å². The SMILES string of the molecule is Cn1cc(S(=O)(=O)Nc2nc(-c3ccccc3Cl)cs2)c(=O)n(C)c1=O. The van der Waals surface area contributed by atoms with Crippen molar-refractivity contribution < 1.29 is 8.42 Å². The number of rotatable bonds is 4. The fraction of sp³-hybridized carbons (Fsp3) is 0.133. The average molecular weight is 413 g/mol. The number of sulfonamides is 1. The Kier molecular flexibility index (Phi) is 4.74. The monoisotopic (exact) mass is 412 g/mol. The van der Waals surface area contributed by atoms with Crippen molar-refractivity contribution in [1.82, 2.24) is 14.1 Å². The smallest absolute Gasteiger partial charge is 0.302 e. The summed E-state index contributed by atoms with van der Waals surface area (Å²) in [6.07, 6.45) is 0.982. The van der Waals surface area contributed by atoms with Gasteiger partial charge in [-0.3, -0.25) is 14.1 Å². The number of anilines is 1. The van der Waals surface area contributed by atoms with E-state index in [1.807, 2.05) is 0 Å². The Morgan fingerprint density at radius 3 is 2.58 bits per heavy atom. The van der Waals surface area contributed by atoms with Crippen molar-refractivity contribution in [2.45, 2.75) is 4.90 Å². The van der Waals surface area contributed by atoms with Gasteiger partial charge in [-0.05, 0) is 6.07 Å². The van der Waals surface area contributed by atoms with Crippen molar-refractivity contribution in [1.29, 1.82) is 0 Å². The van der Waals surface area contributed by atoms with Gasteiger partial charge in [-0.25, -0.2) is 18.2 Å². The molecule has 3 rings (SSSR count). The van der Waals surface area contributed by atoms with Crippen LogP contribution < -0.4 is 16.0 Å². The highest BCUT2D eigenvalue weighted by Crippen LogP contribution is 2.30. The normalized spacial score (nSPS) is 11.5. The van der Waals surface area contributed by atoms with Gasteiger partial charge < -0.3 is 4.57 Å². The Bertz CT molecular complexity index is 1210. The molecule has 0 amide bonds. The second kappa shape index (κ2) is 6.71. The standard InChI is InChI=1S/C15H13ClN4O4S2/c1-19-7-12(13(21)20(2)15(19)22)26(23,24)18-14-17-11(8-25-14)9-5-3-4-6-10(9)16/h3-8H,1-2H3,(H,17,18). The van der Waals surface area contributed by atoms with Crippen LogP contribution in [0.15, 0.2) is 50.3 Å². The highest BCUT2D eigenvalue weighted by atomic mass is 35.5. The fourth-order valence-electron chi connectivity index (χ4n) is 2.24. The molecule has 0 aliphatic carbocycles. The molecule has 26 heavy (non-hydrogen) atoms. The molecule has 0 saturated carbocycles. The van der Waals surface area contributed by atoms with E-state index in [4.69, 9.17) is 11.6 Å². The molecule has 0 atom stereocenters. The lowest BCUT2D eigenvalue weighted by Gasteiger charge is -2.08. The molecule has 0 spiro atoms. The number of benzene rings is 1. The van der Waals surface area contributed by atoms with Crippen molar-refractivity contribution in [3.8, 4) is 11.3 Å². The van der Waals surface area contributed by atoms with Crippen LogP contribution in [0.5, 0.6) is 0 Å². The van der Waals surface area contributed by atoms with Crippen LogP contribution in [0, 0.1) is 0 Å². The topological polar surface area (TPSA) is 103 Å². The van der Waals surface area contributed by atoms with E-state index in [0.717, 1.165) is 26.7 Å². The second-order valence-corrected chi connectivity index (χ2v) is 8.29. The summed E-state index contributed by atoms with van der Waals surface area (Å²) in [7, 11) is -1.64. The van der Waals surface area contributed by atoms with E-state index in [2.05, 4.69) is 9.71 Å². The largest absolute Gasteiger partial charge is 0.330 e. The molecule has 1 N–H and O–H groups in total. The minimum Gasteiger partial charge on any atom is -0.302 e. The van der Waals surface area contributed by atoms with E-state index in [9.17, 15) is 18.0 Å². The van der Waals surface area contributed by atoms with E-state index in [-0.39, 0.29) is 5.13 Å². The molecular weight excluding hydrogens is 400 g/mol. The van der Waals surface area contributed by atoms with E-state index in [0.29, 0.717) is 16.3 Å². The number of aryl methyl sites for hydroxylation is 1. The molecule has 1 aromatic carbocycles. The molecule has 136 valence electrons. The zero-order valence-electron chi connectivity index (χ0n) is 13.6. The maximum Gasteiger partial charge on any atom is 0.330 e. The van der Waals surface area contributed by atoms with Gasteiger partial charge >= 0.3 is 5.69 Å². The molecule has 0 radical (unpaired) electrons. The van der Waals surface area contributed by atoms with Crippen molar-refractivity contribution in [2.24, 2.45) is 14.1 Å². The summed E-state index contributed by atoms with van der Waals surface area (Å²) in [5.41, 5.74) is -0.367. The first kappa shape index (κ1) is 18.4. The van der Waals surface area contributed by atoms with Crippen LogP contribution in [-0.2, 0) is 24.1 Å². The number of thiazole rings is 1. The van der Waals surface area contributed by atoms with Gasteiger partial charge in [0.1, 0.15) is 0 Å². The van der Waals surface area contributed by atoms with Gasteiger partial charge in [-0.15, -0.1) is 11.3 Å². The summed E-state index contributed by atoms with van der Waals surface area (Å²) >= 11 is 7.17. The summed E-state index contributed by atoms with van der Waals surface area (Å²) in [5, 5.41) is 2.22. The number of nitrogens with zero attached hydrogens (tertiary/aromatic N) is 3. The molecule has 8 nitrogen and oxygen atoms in total. The second-order valence-electron chi connectivity index (χ2n) is 5.37. The first-order valence-electron chi connectivity index (χ1n) is 7.20. The highest BCUT2D eigenvalue weighted by Gasteiger charge is 2.23. The summed E-state index contributed by atoms with van der Waals surface area (Å²) in [6, 6.07) is 7.03. The van der Waals surface area contributed by atoms with Crippen molar-refractivity contribution in [2.75, 3.05) is 4.72 Å². The van der Waals surface area contributed by atoms with Gasteiger partial charge in [-0.1, -0.05) is 29.8 Å². The Hall–Kier alpha value is -2.43. The number of aromatic nitrogens is 3. The number of hydrogen-bond donors (Lipinski definition) is 1. The molecule has 0 aliphatic heterocycles. The third-order valence-corrected chi connectivity index (χ3v) is 6.12. The number of hydrogen-bond acceptors (Lipinski definition) is 6. The lowest BCUT2D eigenvalue weighted by Crippen LogP contribution is -2.40. The molecule has 3 aromatic rings. The van der Waals surface area contributed by atoms with E-state index < -0.39 is 26.2 Å². The van der Waals surface area contributed by atoms with Crippen LogP contribution in [0.4, 0.5) is 5.13 Å². The zero-order valence-corrected chi connectivity index (χ0v) is 16.0. The Balaban J connectivity index is 1.99. The molecule has 2 heterocycles. The minimum absolute atomic E-state index is 0.0795. The lowest BCUT2D eigenvalue weighted by molar-refractivity contribution is 0.589. The van der Waals surface area contributed by atoms with Gasteiger partial charge in [-0.2, -0.15) is 0 Å². The van der Waals surface area contributed by atoms with Gasteiger partial charge in [0.25, 0.3) is 15.6 Å². The van der Waals surface area contributed by atoms with Crippen LogP contribution >= 0.6 is 22.9 Å². The zero-order chi connectivity index (χ0) is 19.1. The van der Waals surface area contributed by atoms with Crippen molar-refractivity contribution in [3.63, 3.8) is 0 Å². The van der Waals surface area contributed by atoms with Crippen LogP contribution in [0.3, 0.4) is 0 Å². The number of nitrogens with one attached hydrogen (secondary N) is 1. The maximum absolute atomic E-state index is 12.6. The summed E-state index contributed by atoms with van der Waals surface area (Å²) in [6.45, 7) is 0. The van der Waals surface area contributed by atoms with Gasteiger partial charge in [0, 0.05) is 36.3 Å². The maximum atomic E-state index is 12.6. The average Bonchev–Trinajstić information content (AvgIpc) is 3.04. The first-order chi connectivity index (χ1) is 12.2. The van der Waals surface area contributed by atoms with Crippen molar-refractivity contribution >= 4 is 38.1 Å². The molecule has 0 bridgehead atoms. The molecule has 0 fully saturated rings. The summed E-state index contributed by atoms with van der Waals surface area (Å²) < 4.78 is 29.1. The van der Waals surface area contributed by atoms with Crippen molar-refractivity contribution in [3.05, 3.63) is 61.7 Å². The van der Waals surface area contributed by atoms with Gasteiger partial charge in [0.15, 0.2) is 10.0 Å². The molecule has 0 aliphatic rings. The third-order valence-electron chi connectivity index (χ3n) is 3.58. The van der Waals surface area contributed by atoms with E-state index >= 15 is 0 Å². The Morgan fingerprint density at radius 1 is 1.19 bits per heavy atom. The Labute approximate surface area is 157 Å². The minimum atomic E-state index is -4.21. The van der Waals surface area contributed by atoms with Gasteiger partial charge in [0.2, 0.25) is 0 Å². The molecule has 11 heteroatoms. The Morgan fingerprint density at radius 2 is 1.88 bits per heavy atom. The predicted molar refractivity (Wildman–Crippen MR) is 100 cm³/mol. The van der Waals surface area contributed by atoms with Crippen LogP contribution in [-0.4, -0.2) is 22.5 Å². The molecule has 0 unspecified atom stereocenters. The molecular formula is C15H13ClN4O4S2. The van der Waals surface area contributed by atoms with Crippen LogP contribution in [0.1, 0.15) is 0 Å². The van der Waals surface area contributed by atoms with Crippen LogP contribution in [0.2, 0.25) is 5.02 Å². The first-order valence-corrected chi connectivity index (χ1v) is 9.94. The molecule has 0 saturated heterocycles. The predicted octanol–water partition coefficient (Wildman–Crippen LogP) is 1.66. The summed E-state index contributed by atoms with van der Waals surface area (Å²) in [5.74, 6) is 0. The number of halogens is 1. The third kappa shape index (κ3) is 3.30. The van der Waals surface area contributed by atoms with E-state index in [1.165, 1.54) is 14.1 Å². The lowest BCUT2D eigenvalue weighted by atomic mass is 10.2. The summed E-state index contributed by atoms with van der Waals surface area (Å²) in [4.78, 5) is 27.5. The van der Waals surface area contributed by atoms with Crippen LogP contribution in [0.25, 0.3) is 11.3 Å². The fourth-order valence-corrected chi connectivity index (χ4v) is 4.60.